The van der Waals surface area contributed by atoms with Crippen LogP contribution in [-0.2, 0) is 11.8 Å². The predicted molar refractivity (Wildman–Crippen MR) is 57.4 cm³/mol. The van der Waals surface area contributed by atoms with Gasteiger partial charge in [0.2, 0.25) is 0 Å². The molecule has 0 saturated heterocycles. The van der Waals surface area contributed by atoms with E-state index in [2.05, 4.69) is 18.9 Å². The van der Waals surface area contributed by atoms with E-state index >= 15 is 0 Å². The smallest absolute Gasteiger partial charge is 0.361 e. The van der Waals surface area contributed by atoms with Gasteiger partial charge in [0, 0.05) is 13.2 Å². The first-order valence-corrected chi connectivity index (χ1v) is 4.97. The molecular weight excluding hydrogens is 194 g/mol. The lowest BCUT2D eigenvalue weighted by Crippen LogP contribution is -2.10. The van der Waals surface area contributed by atoms with Crippen LogP contribution >= 0.6 is 0 Å². The topological polar surface area (TPSA) is 70.1 Å². The molecule has 5 heteroatoms. The average molecular weight is 211 g/mol. The van der Waals surface area contributed by atoms with Gasteiger partial charge in [-0.1, -0.05) is 13.8 Å². The predicted octanol–water partition coefficient (Wildman–Crippen LogP) is 1.21. The number of aryl methyl sites for hydroxylation is 1. The fourth-order valence-electron chi connectivity index (χ4n) is 1.12. The summed E-state index contributed by atoms with van der Waals surface area (Å²) in [4.78, 5) is 11.5. The molecule has 2 N–H and O–H groups in total. The van der Waals surface area contributed by atoms with E-state index in [1.54, 1.807) is 13.2 Å². The molecule has 15 heavy (non-hydrogen) atoms. The molecular formula is C10H17N3O2. The van der Waals surface area contributed by atoms with E-state index in [0.29, 0.717) is 18.2 Å². The number of carbonyl (C=O) groups is 1. The highest BCUT2D eigenvalue weighted by Gasteiger charge is 2.15. The van der Waals surface area contributed by atoms with Crippen LogP contribution in [0.4, 0.5) is 5.69 Å². The summed E-state index contributed by atoms with van der Waals surface area (Å²) in [7, 11) is 1.71. The van der Waals surface area contributed by atoms with Gasteiger partial charge in [-0.15, -0.1) is 0 Å². The van der Waals surface area contributed by atoms with Crippen molar-refractivity contribution >= 4 is 11.7 Å². The lowest BCUT2D eigenvalue weighted by atomic mass is 10.1. The molecule has 1 aromatic rings. The van der Waals surface area contributed by atoms with Crippen LogP contribution in [0.15, 0.2) is 6.20 Å². The van der Waals surface area contributed by atoms with E-state index in [1.807, 2.05) is 0 Å². The Morgan fingerprint density at radius 2 is 2.33 bits per heavy atom. The Morgan fingerprint density at radius 1 is 1.67 bits per heavy atom. The summed E-state index contributed by atoms with van der Waals surface area (Å²) < 4.78 is 6.53. The van der Waals surface area contributed by atoms with Gasteiger partial charge >= 0.3 is 5.97 Å². The van der Waals surface area contributed by atoms with Crippen LogP contribution in [0, 0.1) is 5.92 Å². The molecule has 0 atom stereocenters. The molecule has 1 heterocycles. The Balaban J connectivity index is 2.50. The number of hydrogen-bond acceptors (Lipinski definition) is 4. The molecule has 0 amide bonds. The van der Waals surface area contributed by atoms with Crippen LogP contribution in [-0.4, -0.2) is 22.4 Å². The van der Waals surface area contributed by atoms with Crippen LogP contribution < -0.4 is 5.73 Å². The van der Waals surface area contributed by atoms with Crippen LogP contribution in [0.2, 0.25) is 0 Å². The van der Waals surface area contributed by atoms with Gasteiger partial charge in [0.1, 0.15) is 0 Å². The van der Waals surface area contributed by atoms with Crippen molar-refractivity contribution in [2.45, 2.75) is 20.3 Å². The normalized spacial score (nSPS) is 10.7. The summed E-state index contributed by atoms with van der Waals surface area (Å²) in [6, 6.07) is 0. The molecule has 84 valence electrons. The van der Waals surface area contributed by atoms with Crippen LogP contribution in [0.25, 0.3) is 0 Å². The monoisotopic (exact) mass is 211 g/mol. The second-order valence-corrected chi connectivity index (χ2v) is 3.93. The molecule has 0 aliphatic heterocycles. The van der Waals surface area contributed by atoms with E-state index in [0.717, 1.165) is 6.42 Å². The standard InChI is InChI=1S/C10H17N3O2/c1-7(2)4-5-15-10(14)9-8(11)6-13(3)12-9/h6-7H,4-5,11H2,1-3H3. The Labute approximate surface area is 89.2 Å². The highest BCUT2D eigenvalue weighted by molar-refractivity contribution is 5.92. The van der Waals surface area contributed by atoms with Gasteiger partial charge in [-0.25, -0.2) is 4.79 Å². The molecule has 1 aromatic heterocycles. The summed E-state index contributed by atoms with van der Waals surface area (Å²) in [6.07, 6.45) is 2.43. The molecule has 5 nitrogen and oxygen atoms in total. The number of anilines is 1. The van der Waals surface area contributed by atoms with E-state index in [9.17, 15) is 4.79 Å². The molecule has 0 spiro atoms. The first kappa shape index (κ1) is 11.6. The molecule has 0 aliphatic carbocycles. The number of esters is 1. The second kappa shape index (κ2) is 4.82. The minimum atomic E-state index is -0.450. The first-order chi connectivity index (χ1) is 7.00. The quantitative estimate of drug-likeness (QED) is 0.760. The van der Waals surface area contributed by atoms with E-state index in [4.69, 9.17) is 10.5 Å². The molecule has 0 radical (unpaired) electrons. The maximum atomic E-state index is 11.5. The maximum absolute atomic E-state index is 11.5. The van der Waals surface area contributed by atoms with Crippen molar-refractivity contribution in [3.8, 4) is 0 Å². The number of ether oxygens (including phenoxy) is 1. The van der Waals surface area contributed by atoms with Crippen molar-refractivity contribution in [2.24, 2.45) is 13.0 Å². The summed E-state index contributed by atoms with van der Waals surface area (Å²) in [5, 5.41) is 3.93. The van der Waals surface area contributed by atoms with Crippen molar-refractivity contribution < 1.29 is 9.53 Å². The zero-order valence-corrected chi connectivity index (χ0v) is 9.36. The molecule has 0 fully saturated rings. The summed E-state index contributed by atoms with van der Waals surface area (Å²) in [6.45, 7) is 4.55. The Hall–Kier alpha value is -1.52. The average Bonchev–Trinajstić information content (AvgIpc) is 2.44. The van der Waals surface area contributed by atoms with Crippen LogP contribution in [0.3, 0.4) is 0 Å². The largest absolute Gasteiger partial charge is 0.461 e. The highest BCUT2D eigenvalue weighted by Crippen LogP contribution is 2.10. The van der Waals surface area contributed by atoms with Gasteiger partial charge in [-0.2, -0.15) is 5.10 Å². The van der Waals surface area contributed by atoms with Gasteiger partial charge in [0.25, 0.3) is 0 Å². The maximum Gasteiger partial charge on any atom is 0.361 e. The number of hydrogen-bond donors (Lipinski definition) is 1. The van der Waals surface area contributed by atoms with Gasteiger partial charge in [-0.3, -0.25) is 4.68 Å². The van der Waals surface area contributed by atoms with Gasteiger partial charge in [-0.05, 0) is 12.3 Å². The van der Waals surface area contributed by atoms with Crippen molar-refractivity contribution in [1.29, 1.82) is 0 Å². The van der Waals surface area contributed by atoms with Crippen LogP contribution in [0.1, 0.15) is 30.8 Å². The molecule has 0 aromatic carbocycles. The highest BCUT2D eigenvalue weighted by atomic mass is 16.5. The number of nitrogen functional groups attached to an aromatic ring is 1. The minimum absolute atomic E-state index is 0.196. The molecule has 0 saturated carbocycles. The van der Waals surface area contributed by atoms with Crippen LogP contribution in [0.5, 0.6) is 0 Å². The zero-order chi connectivity index (χ0) is 11.4. The number of nitrogens with two attached hydrogens (primary N) is 1. The Bertz CT molecular complexity index is 344. The fraction of sp³-hybridized carbons (Fsp3) is 0.600. The third-order valence-corrected chi connectivity index (χ3v) is 1.98. The first-order valence-electron chi connectivity index (χ1n) is 4.97. The third-order valence-electron chi connectivity index (χ3n) is 1.98. The molecule has 0 unspecified atom stereocenters. The number of aromatic nitrogens is 2. The Morgan fingerprint density at radius 3 is 2.80 bits per heavy atom. The molecule has 0 bridgehead atoms. The number of rotatable bonds is 4. The van der Waals surface area contributed by atoms with E-state index < -0.39 is 5.97 Å². The summed E-state index contributed by atoms with van der Waals surface area (Å²) in [5.74, 6) is 0.0626. The van der Waals surface area contributed by atoms with Gasteiger partial charge in [0.05, 0.1) is 12.3 Å². The van der Waals surface area contributed by atoms with Crippen molar-refractivity contribution in [2.75, 3.05) is 12.3 Å². The fourth-order valence-corrected chi connectivity index (χ4v) is 1.12. The Kier molecular flexibility index (Phi) is 3.71. The van der Waals surface area contributed by atoms with Crippen molar-refractivity contribution in [3.05, 3.63) is 11.9 Å². The van der Waals surface area contributed by atoms with Crippen molar-refractivity contribution in [1.82, 2.24) is 9.78 Å². The van der Waals surface area contributed by atoms with Gasteiger partial charge in [0.15, 0.2) is 5.69 Å². The second-order valence-electron chi connectivity index (χ2n) is 3.93. The summed E-state index contributed by atoms with van der Waals surface area (Å²) in [5.41, 5.74) is 6.14. The van der Waals surface area contributed by atoms with Gasteiger partial charge < -0.3 is 10.5 Å². The lowest BCUT2D eigenvalue weighted by molar-refractivity contribution is 0.0481. The molecule has 1 rings (SSSR count). The number of nitrogens with zero attached hydrogens (tertiary/aromatic N) is 2. The van der Waals surface area contributed by atoms with E-state index in [1.165, 1.54) is 4.68 Å². The van der Waals surface area contributed by atoms with E-state index in [-0.39, 0.29) is 5.69 Å². The summed E-state index contributed by atoms with van der Waals surface area (Å²) >= 11 is 0. The zero-order valence-electron chi connectivity index (χ0n) is 9.36. The minimum Gasteiger partial charge on any atom is -0.461 e. The van der Waals surface area contributed by atoms with Crippen molar-refractivity contribution in [3.63, 3.8) is 0 Å². The third kappa shape index (κ3) is 3.27. The lowest BCUT2D eigenvalue weighted by Gasteiger charge is -2.05. The SMILES string of the molecule is CC(C)CCOC(=O)c1nn(C)cc1N. The molecule has 0 aliphatic rings. The number of carbonyl (C=O) groups excluding carboxylic acids is 1.